The monoisotopic (exact) mass is 349 g/mol. The second-order valence-corrected chi connectivity index (χ2v) is 6.57. The van der Waals surface area contributed by atoms with Gasteiger partial charge in [0.1, 0.15) is 0 Å². The lowest BCUT2D eigenvalue weighted by molar-refractivity contribution is 0.245. The first kappa shape index (κ1) is 14.7. The summed E-state index contributed by atoms with van der Waals surface area (Å²) in [6.07, 6.45) is 4.27. The summed E-state index contributed by atoms with van der Waals surface area (Å²) in [4.78, 5) is 4.57. The van der Waals surface area contributed by atoms with Crippen LogP contribution in [0.2, 0.25) is 0 Å². The summed E-state index contributed by atoms with van der Waals surface area (Å²) in [6.45, 7) is 3.29. The number of aromatic nitrogens is 2. The fourth-order valence-corrected chi connectivity index (χ4v) is 3.09. The Morgan fingerprint density at radius 2 is 2.14 bits per heavy atom. The lowest BCUT2D eigenvalue weighted by Crippen LogP contribution is -2.31. The summed E-state index contributed by atoms with van der Waals surface area (Å²) in [7, 11) is 0. The molecule has 3 rings (SSSR count). The molecule has 0 spiro atoms. The molecule has 1 aliphatic heterocycles. The van der Waals surface area contributed by atoms with E-state index >= 15 is 0 Å². The van der Waals surface area contributed by atoms with E-state index in [0.29, 0.717) is 6.42 Å². The van der Waals surface area contributed by atoms with Crippen LogP contribution in [0, 0.1) is 5.92 Å². The summed E-state index contributed by atoms with van der Waals surface area (Å²) < 4.78 is 6.54. The van der Waals surface area contributed by atoms with Gasteiger partial charge in [0.25, 0.3) is 0 Å². The van der Waals surface area contributed by atoms with E-state index in [2.05, 4.69) is 50.4 Å². The van der Waals surface area contributed by atoms with Gasteiger partial charge in [0.15, 0.2) is 5.82 Å². The number of hydrogen-bond donors (Lipinski definition) is 1. The molecule has 2 heterocycles. The number of nitrogens with zero attached hydrogens (tertiary/aromatic N) is 2. The lowest BCUT2D eigenvalue weighted by Gasteiger charge is -2.27. The van der Waals surface area contributed by atoms with E-state index in [0.717, 1.165) is 35.1 Å². The third kappa shape index (κ3) is 3.71. The molecule has 2 unspecified atom stereocenters. The van der Waals surface area contributed by atoms with Crippen LogP contribution >= 0.6 is 15.9 Å². The van der Waals surface area contributed by atoms with Crippen molar-refractivity contribution in [3.8, 4) is 0 Å². The standard InChI is InChI=1S/C16H20BrN3O/c1-2-11-7-8-18-14(9-11)16-19-15(20-21-16)10-12-3-5-13(17)6-4-12/h3-6,11,14,18H,2,7-10H2,1H3. The predicted octanol–water partition coefficient (Wildman–Crippen LogP) is 3.87. The number of benzene rings is 1. The Hall–Kier alpha value is -1.20. The topological polar surface area (TPSA) is 51.0 Å². The molecule has 1 fully saturated rings. The molecule has 0 aliphatic carbocycles. The Balaban J connectivity index is 1.67. The van der Waals surface area contributed by atoms with Gasteiger partial charge in [-0.25, -0.2) is 0 Å². The molecule has 1 N–H and O–H groups in total. The molecule has 21 heavy (non-hydrogen) atoms. The highest BCUT2D eigenvalue weighted by Crippen LogP contribution is 2.28. The first-order valence-electron chi connectivity index (χ1n) is 7.55. The van der Waals surface area contributed by atoms with Gasteiger partial charge in [-0.05, 0) is 43.0 Å². The van der Waals surface area contributed by atoms with Crippen molar-refractivity contribution in [1.29, 1.82) is 0 Å². The van der Waals surface area contributed by atoms with E-state index in [1.807, 2.05) is 12.1 Å². The molecule has 4 nitrogen and oxygen atoms in total. The fourth-order valence-electron chi connectivity index (χ4n) is 2.82. The van der Waals surface area contributed by atoms with E-state index in [1.54, 1.807) is 0 Å². The van der Waals surface area contributed by atoms with Crippen molar-refractivity contribution in [3.05, 3.63) is 46.0 Å². The van der Waals surface area contributed by atoms with Crippen LogP contribution in [-0.4, -0.2) is 16.7 Å². The lowest BCUT2D eigenvalue weighted by atomic mass is 9.90. The maximum absolute atomic E-state index is 5.46. The van der Waals surface area contributed by atoms with Crippen LogP contribution in [0.1, 0.15) is 49.5 Å². The summed E-state index contributed by atoms with van der Waals surface area (Å²) in [5, 5.41) is 7.60. The minimum atomic E-state index is 0.217. The molecule has 5 heteroatoms. The molecule has 2 atom stereocenters. The molecule has 0 bridgehead atoms. The molecule has 0 saturated carbocycles. The highest BCUT2D eigenvalue weighted by molar-refractivity contribution is 9.10. The number of halogens is 1. The third-order valence-electron chi connectivity index (χ3n) is 4.15. The number of hydrogen-bond acceptors (Lipinski definition) is 4. The van der Waals surface area contributed by atoms with Crippen molar-refractivity contribution in [2.24, 2.45) is 5.92 Å². The Labute approximate surface area is 133 Å². The van der Waals surface area contributed by atoms with Crippen LogP contribution in [0.25, 0.3) is 0 Å². The van der Waals surface area contributed by atoms with Crippen LogP contribution in [0.15, 0.2) is 33.3 Å². The molecular weight excluding hydrogens is 330 g/mol. The van der Waals surface area contributed by atoms with Gasteiger partial charge in [-0.2, -0.15) is 4.98 Å². The zero-order valence-corrected chi connectivity index (χ0v) is 13.8. The average Bonchev–Trinajstić information content (AvgIpc) is 2.98. The van der Waals surface area contributed by atoms with Crippen LogP contribution in [-0.2, 0) is 6.42 Å². The molecule has 1 aromatic heterocycles. The fraction of sp³-hybridized carbons (Fsp3) is 0.500. The summed E-state index contributed by atoms with van der Waals surface area (Å²) in [5.41, 5.74) is 1.19. The molecule has 1 aromatic carbocycles. The van der Waals surface area contributed by atoms with E-state index in [1.165, 1.54) is 18.4 Å². The van der Waals surface area contributed by atoms with Gasteiger partial charge in [0.05, 0.1) is 6.04 Å². The van der Waals surface area contributed by atoms with Crippen molar-refractivity contribution in [2.75, 3.05) is 6.54 Å². The Kier molecular flexibility index (Phi) is 4.70. The Bertz CT molecular complexity index is 581. The number of nitrogens with one attached hydrogen (secondary N) is 1. The predicted molar refractivity (Wildman–Crippen MR) is 85.0 cm³/mol. The molecule has 112 valence electrons. The summed E-state index contributed by atoms with van der Waals surface area (Å²) >= 11 is 3.44. The van der Waals surface area contributed by atoms with Gasteiger partial charge in [0.2, 0.25) is 5.89 Å². The van der Waals surface area contributed by atoms with Crippen LogP contribution in [0.4, 0.5) is 0 Å². The van der Waals surface area contributed by atoms with Gasteiger partial charge < -0.3 is 9.84 Å². The molecule has 1 aliphatic rings. The van der Waals surface area contributed by atoms with Gasteiger partial charge in [-0.1, -0.05) is 46.6 Å². The maximum Gasteiger partial charge on any atom is 0.243 e. The van der Waals surface area contributed by atoms with Crippen LogP contribution < -0.4 is 5.32 Å². The minimum absolute atomic E-state index is 0.217. The first-order valence-corrected chi connectivity index (χ1v) is 8.34. The minimum Gasteiger partial charge on any atom is -0.338 e. The van der Waals surface area contributed by atoms with Crippen molar-refractivity contribution >= 4 is 15.9 Å². The molecule has 1 saturated heterocycles. The van der Waals surface area contributed by atoms with Crippen molar-refractivity contribution in [3.63, 3.8) is 0 Å². The van der Waals surface area contributed by atoms with Crippen molar-refractivity contribution in [2.45, 2.75) is 38.6 Å². The van der Waals surface area contributed by atoms with Crippen molar-refractivity contribution < 1.29 is 4.52 Å². The van der Waals surface area contributed by atoms with Gasteiger partial charge in [-0.15, -0.1) is 0 Å². The van der Waals surface area contributed by atoms with E-state index in [9.17, 15) is 0 Å². The molecule has 0 amide bonds. The largest absolute Gasteiger partial charge is 0.338 e. The van der Waals surface area contributed by atoms with E-state index in [4.69, 9.17) is 4.52 Å². The second-order valence-electron chi connectivity index (χ2n) is 5.66. The van der Waals surface area contributed by atoms with Crippen LogP contribution in [0.5, 0.6) is 0 Å². The average molecular weight is 350 g/mol. The normalized spacial score (nSPS) is 22.4. The second kappa shape index (κ2) is 6.71. The zero-order valence-electron chi connectivity index (χ0n) is 12.2. The molecule has 2 aromatic rings. The zero-order chi connectivity index (χ0) is 14.7. The highest BCUT2D eigenvalue weighted by atomic mass is 79.9. The number of piperidine rings is 1. The molecular formula is C16H20BrN3O. The Morgan fingerprint density at radius 3 is 2.90 bits per heavy atom. The summed E-state index contributed by atoms with van der Waals surface area (Å²) in [6, 6.07) is 8.43. The number of rotatable bonds is 4. The summed E-state index contributed by atoms with van der Waals surface area (Å²) in [5.74, 6) is 2.26. The Morgan fingerprint density at radius 1 is 1.33 bits per heavy atom. The smallest absolute Gasteiger partial charge is 0.243 e. The maximum atomic E-state index is 5.46. The van der Waals surface area contributed by atoms with Gasteiger partial charge in [-0.3, -0.25) is 0 Å². The van der Waals surface area contributed by atoms with E-state index < -0.39 is 0 Å². The van der Waals surface area contributed by atoms with Crippen LogP contribution in [0.3, 0.4) is 0 Å². The van der Waals surface area contributed by atoms with Crippen molar-refractivity contribution in [1.82, 2.24) is 15.5 Å². The first-order chi connectivity index (χ1) is 10.2. The third-order valence-corrected chi connectivity index (χ3v) is 4.68. The van der Waals surface area contributed by atoms with Gasteiger partial charge >= 0.3 is 0 Å². The SMILES string of the molecule is CCC1CCNC(c2nc(Cc3ccc(Br)cc3)no2)C1. The van der Waals surface area contributed by atoms with E-state index in [-0.39, 0.29) is 6.04 Å². The molecule has 0 radical (unpaired) electrons. The quantitative estimate of drug-likeness (QED) is 0.909. The van der Waals surface area contributed by atoms with Gasteiger partial charge in [0, 0.05) is 10.9 Å². The highest BCUT2D eigenvalue weighted by Gasteiger charge is 2.25.